The number of carbonyl (C=O) groups is 3. The van der Waals surface area contributed by atoms with Gasteiger partial charge in [-0.3, -0.25) is 15.4 Å². The van der Waals surface area contributed by atoms with Crippen molar-refractivity contribution in [1.82, 2.24) is 20.0 Å². The number of aromatic nitrogens is 4. The summed E-state index contributed by atoms with van der Waals surface area (Å²) in [6.07, 6.45) is -0.652. The van der Waals surface area contributed by atoms with Crippen LogP contribution in [-0.4, -0.2) is 54.4 Å². The van der Waals surface area contributed by atoms with Crippen molar-refractivity contribution in [3.63, 3.8) is 0 Å². The Morgan fingerprint density at radius 2 is 1.62 bits per heavy atom. The van der Waals surface area contributed by atoms with Crippen molar-refractivity contribution >= 4 is 62.7 Å². The Bertz CT molecular complexity index is 2010. The lowest BCUT2D eigenvalue weighted by atomic mass is 10.2. The first-order chi connectivity index (χ1) is 22.6. The predicted octanol–water partition coefficient (Wildman–Crippen LogP) is 7.93. The maximum absolute atomic E-state index is 13.5. The van der Waals surface area contributed by atoms with Crippen LogP contribution in [0.4, 0.5) is 36.6 Å². The van der Waals surface area contributed by atoms with Gasteiger partial charge in [-0.2, -0.15) is 9.78 Å². The number of hydrogen-bond donors (Lipinski definition) is 1. The molecule has 2 heterocycles. The molecule has 2 aromatic heterocycles. The molecule has 16 heteroatoms. The molecule has 0 saturated heterocycles. The van der Waals surface area contributed by atoms with E-state index in [1.807, 2.05) is 0 Å². The smallest absolute Gasteiger partial charge is 0.435 e. The Labute approximate surface area is 278 Å². The molecule has 1 N–H and O–H groups in total. The number of benzene rings is 3. The molecule has 0 aliphatic rings. The molecule has 0 aliphatic heterocycles. The standard InChI is InChI=1S/C32H31N7O8S/c1-31(2,3)46-29(41)37(23-12-15-25-20(17-23)18-33-38(25)30(42)47-32(4,5)6)27-36-35-26(48-27)19-8-7-9-21(16-19)34-28(40)45-24-13-10-22(11-14-24)39(43)44/h7-18H,1-6H3,(H,34,40). The van der Waals surface area contributed by atoms with Gasteiger partial charge in [0.2, 0.25) is 5.13 Å². The van der Waals surface area contributed by atoms with E-state index in [0.717, 1.165) is 16.0 Å². The Kier molecular flexibility index (Phi) is 9.11. The van der Waals surface area contributed by atoms with E-state index >= 15 is 0 Å². The first kappa shape index (κ1) is 33.5. The molecule has 0 atom stereocenters. The van der Waals surface area contributed by atoms with E-state index < -0.39 is 34.4 Å². The highest BCUT2D eigenvalue weighted by atomic mass is 32.1. The van der Waals surface area contributed by atoms with Crippen LogP contribution < -0.4 is 15.0 Å². The second-order valence-corrected chi connectivity index (χ2v) is 13.3. The van der Waals surface area contributed by atoms with Crippen molar-refractivity contribution in [2.24, 2.45) is 0 Å². The minimum Gasteiger partial charge on any atom is -0.443 e. The molecule has 0 radical (unpaired) electrons. The highest BCUT2D eigenvalue weighted by Crippen LogP contribution is 2.36. The van der Waals surface area contributed by atoms with E-state index in [1.165, 1.54) is 35.4 Å². The highest BCUT2D eigenvalue weighted by molar-refractivity contribution is 7.18. The number of rotatable bonds is 6. The first-order valence-electron chi connectivity index (χ1n) is 14.5. The molecule has 5 aromatic rings. The van der Waals surface area contributed by atoms with Gasteiger partial charge in [-0.1, -0.05) is 23.5 Å². The van der Waals surface area contributed by atoms with E-state index in [1.54, 1.807) is 84.0 Å². The topological polar surface area (TPSA) is 181 Å². The quantitative estimate of drug-likeness (QED) is 0.136. The lowest BCUT2D eigenvalue weighted by molar-refractivity contribution is -0.384. The van der Waals surface area contributed by atoms with Crippen LogP contribution in [0.1, 0.15) is 41.5 Å². The van der Waals surface area contributed by atoms with Crippen molar-refractivity contribution in [1.29, 1.82) is 0 Å². The third-order valence-electron chi connectivity index (χ3n) is 6.17. The summed E-state index contributed by atoms with van der Waals surface area (Å²) in [5, 5.41) is 27.4. The number of nitrogens with one attached hydrogen (secondary N) is 1. The van der Waals surface area contributed by atoms with Crippen LogP contribution in [0.2, 0.25) is 0 Å². The van der Waals surface area contributed by atoms with Crippen molar-refractivity contribution in [3.8, 4) is 16.3 Å². The van der Waals surface area contributed by atoms with Gasteiger partial charge in [-0.15, -0.1) is 10.2 Å². The maximum Gasteiger partial charge on any atom is 0.435 e. The molecule has 3 aromatic carbocycles. The average molecular weight is 674 g/mol. The van der Waals surface area contributed by atoms with Crippen molar-refractivity contribution < 1.29 is 33.5 Å². The molecule has 0 aliphatic carbocycles. The van der Waals surface area contributed by atoms with E-state index in [9.17, 15) is 24.5 Å². The minimum atomic E-state index is -0.822. The fraction of sp³-hybridized carbons (Fsp3) is 0.250. The summed E-state index contributed by atoms with van der Waals surface area (Å²) >= 11 is 1.11. The van der Waals surface area contributed by atoms with Crippen LogP contribution in [0, 0.1) is 10.1 Å². The van der Waals surface area contributed by atoms with E-state index in [2.05, 4.69) is 20.6 Å². The molecule has 48 heavy (non-hydrogen) atoms. The Morgan fingerprint density at radius 3 is 2.29 bits per heavy atom. The number of anilines is 3. The van der Waals surface area contributed by atoms with Crippen LogP contribution in [0.25, 0.3) is 21.5 Å². The number of carbonyl (C=O) groups excluding carboxylic acids is 3. The van der Waals surface area contributed by atoms with Gasteiger partial charge in [-0.05, 0) is 84.0 Å². The monoisotopic (exact) mass is 673 g/mol. The van der Waals surface area contributed by atoms with E-state index in [4.69, 9.17) is 14.2 Å². The molecule has 248 valence electrons. The van der Waals surface area contributed by atoms with Gasteiger partial charge in [-0.25, -0.2) is 19.3 Å². The SMILES string of the molecule is CC(C)(C)OC(=O)N(c1ccc2c(cnn2C(=O)OC(C)(C)C)c1)c1nnc(-c2cccc(NC(=O)Oc3ccc([N+](=O)[O-])cc3)c2)s1. The number of nitro groups is 1. The zero-order valence-electron chi connectivity index (χ0n) is 26.8. The average Bonchev–Trinajstić information content (AvgIpc) is 3.64. The minimum absolute atomic E-state index is 0.126. The fourth-order valence-corrected chi connectivity index (χ4v) is 5.10. The largest absolute Gasteiger partial charge is 0.443 e. The van der Waals surface area contributed by atoms with Crippen LogP contribution in [0.5, 0.6) is 5.75 Å². The number of nitro benzene ring substituents is 1. The molecular formula is C32H31N7O8S. The van der Waals surface area contributed by atoms with Crippen LogP contribution in [-0.2, 0) is 9.47 Å². The summed E-state index contributed by atoms with van der Waals surface area (Å²) in [5.41, 5.74) is 0.174. The molecular weight excluding hydrogens is 642 g/mol. The predicted molar refractivity (Wildman–Crippen MR) is 178 cm³/mol. The summed E-state index contributed by atoms with van der Waals surface area (Å²) in [7, 11) is 0. The summed E-state index contributed by atoms with van der Waals surface area (Å²) < 4.78 is 17.5. The molecule has 2 amide bonds. The third-order valence-corrected chi connectivity index (χ3v) is 7.13. The first-order valence-corrected chi connectivity index (χ1v) is 15.3. The molecule has 0 spiro atoms. The summed E-state index contributed by atoms with van der Waals surface area (Å²) in [6, 6.07) is 16.8. The van der Waals surface area contributed by atoms with Crippen molar-refractivity contribution in [2.75, 3.05) is 10.2 Å². The lowest BCUT2D eigenvalue weighted by Crippen LogP contribution is -2.33. The maximum atomic E-state index is 13.5. The zero-order chi connectivity index (χ0) is 34.8. The molecule has 0 saturated carbocycles. The van der Waals surface area contributed by atoms with Crippen LogP contribution >= 0.6 is 11.3 Å². The number of nitrogens with zero attached hydrogens (tertiary/aromatic N) is 6. The fourth-order valence-electron chi connectivity index (χ4n) is 4.25. The van der Waals surface area contributed by atoms with Crippen LogP contribution in [0.3, 0.4) is 0 Å². The van der Waals surface area contributed by atoms with Crippen molar-refractivity contribution in [2.45, 2.75) is 52.7 Å². The molecule has 0 unspecified atom stereocenters. The summed E-state index contributed by atoms with van der Waals surface area (Å²) in [4.78, 5) is 50.3. The normalized spacial score (nSPS) is 11.5. The number of amides is 2. The second-order valence-electron chi connectivity index (χ2n) is 12.3. The molecule has 0 fully saturated rings. The van der Waals surface area contributed by atoms with Gasteiger partial charge < -0.3 is 14.2 Å². The summed E-state index contributed by atoms with van der Waals surface area (Å²) in [6.45, 7) is 10.5. The molecule has 15 nitrogen and oxygen atoms in total. The van der Waals surface area contributed by atoms with Gasteiger partial charge in [0.05, 0.1) is 22.3 Å². The Morgan fingerprint density at radius 1 is 0.917 bits per heavy atom. The van der Waals surface area contributed by atoms with Gasteiger partial charge in [0.1, 0.15) is 22.0 Å². The second kappa shape index (κ2) is 13.1. The molecule has 0 bridgehead atoms. The van der Waals surface area contributed by atoms with Crippen molar-refractivity contribution in [3.05, 3.63) is 83.0 Å². The molecule has 5 rings (SSSR count). The number of hydrogen-bond acceptors (Lipinski definition) is 12. The number of non-ortho nitro benzene ring substituents is 1. The summed E-state index contributed by atoms with van der Waals surface area (Å²) in [5.74, 6) is 0.126. The lowest BCUT2D eigenvalue weighted by Gasteiger charge is -2.25. The Balaban J connectivity index is 1.40. The van der Waals surface area contributed by atoms with E-state index in [0.29, 0.717) is 32.8 Å². The van der Waals surface area contributed by atoms with Crippen LogP contribution in [0.15, 0.2) is 72.9 Å². The number of fused-ring (bicyclic) bond motifs is 1. The Hall–Kier alpha value is -5.90. The third kappa shape index (κ3) is 8.08. The zero-order valence-corrected chi connectivity index (χ0v) is 27.6. The number of ether oxygens (including phenoxy) is 3. The van der Waals surface area contributed by atoms with Gasteiger partial charge in [0.25, 0.3) is 5.69 Å². The van der Waals surface area contributed by atoms with Gasteiger partial charge in [0.15, 0.2) is 0 Å². The van der Waals surface area contributed by atoms with Gasteiger partial charge >= 0.3 is 18.3 Å². The van der Waals surface area contributed by atoms with Gasteiger partial charge in [0, 0.05) is 28.8 Å². The van der Waals surface area contributed by atoms with E-state index in [-0.39, 0.29) is 16.6 Å². The highest BCUT2D eigenvalue weighted by Gasteiger charge is 2.29.